The Balaban J connectivity index is 0.00000420. The molecule has 0 unspecified atom stereocenters. The summed E-state index contributed by atoms with van der Waals surface area (Å²) in [5.74, 6) is 0.849. The lowest BCUT2D eigenvalue weighted by Gasteiger charge is -2.35. The van der Waals surface area contributed by atoms with Crippen molar-refractivity contribution in [2.45, 2.75) is 39.8 Å². The molecule has 0 atom stereocenters. The highest BCUT2D eigenvalue weighted by molar-refractivity contribution is 14.0. The molecule has 166 valence electrons. The lowest BCUT2D eigenvalue weighted by atomic mass is 10.2. The van der Waals surface area contributed by atoms with Crippen molar-refractivity contribution in [1.29, 1.82) is 0 Å². The third-order valence-corrected chi connectivity index (χ3v) is 4.38. The molecule has 0 aromatic carbocycles. The van der Waals surface area contributed by atoms with Gasteiger partial charge in [0.05, 0.1) is 6.54 Å². The van der Waals surface area contributed by atoms with Crippen LogP contribution in [0.1, 0.15) is 27.7 Å². The average Bonchev–Trinajstić information content (AvgIpc) is 3.14. The number of amides is 1. The molecule has 1 aromatic heterocycles. The van der Waals surface area contributed by atoms with E-state index in [4.69, 9.17) is 4.74 Å². The van der Waals surface area contributed by atoms with Gasteiger partial charge in [-0.3, -0.25) is 9.89 Å². The second-order valence-electron chi connectivity index (χ2n) is 7.92. The summed E-state index contributed by atoms with van der Waals surface area (Å²) >= 11 is 0. The normalized spacial score (nSPS) is 15.6. The van der Waals surface area contributed by atoms with Crippen LogP contribution < -0.4 is 10.6 Å². The number of nitrogens with zero attached hydrogens (tertiary/aromatic N) is 4. The molecule has 1 amide bonds. The van der Waals surface area contributed by atoms with Crippen molar-refractivity contribution in [2.75, 3.05) is 52.4 Å². The van der Waals surface area contributed by atoms with Crippen LogP contribution in [0.25, 0.3) is 0 Å². The molecule has 9 heteroatoms. The molecule has 2 rings (SSSR count). The minimum Gasteiger partial charge on any atom is -0.444 e. The van der Waals surface area contributed by atoms with E-state index < -0.39 is 5.60 Å². The summed E-state index contributed by atoms with van der Waals surface area (Å²) in [4.78, 5) is 20.9. The third kappa shape index (κ3) is 10.2. The molecule has 2 heterocycles. The lowest BCUT2D eigenvalue weighted by Crippen LogP contribution is -2.50. The van der Waals surface area contributed by atoms with Gasteiger partial charge >= 0.3 is 6.09 Å². The van der Waals surface area contributed by atoms with Crippen LogP contribution in [0.2, 0.25) is 0 Å². The number of aliphatic imine (C=N–C) groups is 1. The van der Waals surface area contributed by atoms with Gasteiger partial charge in [-0.1, -0.05) is 0 Å². The molecule has 0 radical (unpaired) electrons. The Morgan fingerprint density at radius 1 is 1.07 bits per heavy atom. The van der Waals surface area contributed by atoms with E-state index in [1.807, 2.05) is 32.9 Å². The summed E-state index contributed by atoms with van der Waals surface area (Å²) in [6, 6.07) is 4.06. The molecule has 1 aromatic rings. The quantitative estimate of drug-likeness (QED) is 0.328. The van der Waals surface area contributed by atoms with Crippen molar-refractivity contribution in [3.05, 3.63) is 24.5 Å². The average molecular weight is 520 g/mol. The number of nitrogens with one attached hydrogen (secondary N) is 2. The number of carbonyl (C=O) groups is 1. The highest BCUT2D eigenvalue weighted by atomic mass is 127. The van der Waals surface area contributed by atoms with Crippen molar-refractivity contribution in [1.82, 2.24) is 25.0 Å². The molecule has 1 aliphatic heterocycles. The number of hydrogen-bond acceptors (Lipinski definition) is 4. The maximum absolute atomic E-state index is 12.1. The zero-order chi connectivity index (χ0) is 20.4. The number of ether oxygens (including phenoxy) is 1. The summed E-state index contributed by atoms with van der Waals surface area (Å²) in [5.41, 5.74) is -0.444. The fourth-order valence-corrected chi connectivity index (χ4v) is 2.95. The van der Waals surface area contributed by atoms with Gasteiger partial charge in [-0.25, -0.2) is 4.79 Å². The van der Waals surface area contributed by atoms with Crippen molar-refractivity contribution >= 4 is 36.0 Å². The van der Waals surface area contributed by atoms with Gasteiger partial charge in [0.2, 0.25) is 0 Å². The fourth-order valence-electron chi connectivity index (χ4n) is 2.95. The summed E-state index contributed by atoms with van der Waals surface area (Å²) in [6.45, 7) is 15.1. The Morgan fingerprint density at radius 2 is 1.72 bits per heavy atom. The Morgan fingerprint density at radius 3 is 2.31 bits per heavy atom. The maximum atomic E-state index is 12.1. The van der Waals surface area contributed by atoms with Gasteiger partial charge in [-0.2, -0.15) is 0 Å². The number of piperazine rings is 1. The van der Waals surface area contributed by atoms with Crippen LogP contribution in [-0.4, -0.2) is 84.4 Å². The van der Waals surface area contributed by atoms with Crippen LogP contribution in [0.15, 0.2) is 29.5 Å². The molecule has 0 bridgehead atoms. The molecule has 0 saturated carbocycles. The number of halogens is 1. The van der Waals surface area contributed by atoms with Gasteiger partial charge in [0.25, 0.3) is 0 Å². The minimum atomic E-state index is -0.444. The Hall–Kier alpha value is -1.49. The van der Waals surface area contributed by atoms with E-state index in [1.54, 1.807) is 4.90 Å². The van der Waals surface area contributed by atoms with Gasteiger partial charge in [0, 0.05) is 64.8 Å². The van der Waals surface area contributed by atoms with Gasteiger partial charge in [0.1, 0.15) is 5.60 Å². The van der Waals surface area contributed by atoms with E-state index >= 15 is 0 Å². The van der Waals surface area contributed by atoms with Crippen LogP contribution in [0.4, 0.5) is 4.79 Å². The maximum Gasteiger partial charge on any atom is 0.410 e. The summed E-state index contributed by atoms with van der Waals surface area (Å²) in [5, 5.41) is 6.66. The second-order valence-corrected chi connectivity index (χ2v) is 7.92. The fraction of sp³-hybridized carbons (Fsp3) is 0.700. The second kappa shape index (κ2) is 12.9. The van der Waals surface area contributed by atoms with E-state index in [-0.39, 0.29) is 30.1 Å². The molecule has 0 aliphatic carbocycles. The van der Waals surface area contributed by atoms with Gasteiger partial charge in [-0.05, 0) is 39.8 Å². The molecular weight excluding hydrogens is 483 g/mol. The van der Waals surface area contributed by atoms with E-state index in [2.05, 4.69) is 44.4 Å². The first-order chi connectivity index (χ1) is 13.4. The smallest absolute Gasteiger partial charge is 0.410 e. The van der Waals surface area contributed by atoms with Crippen LogP contribution in [0, 0.1) is 0 Å². The first-order valence-electron chi connectivity index (χ1n) is 10.2. The van der Waals surface area contributed by atoms with Crippen molar-refractivity contribution < 1.29 is 9.53 Å². The Kier molecular flexibility index (Phi) is 11.4. The first kappa shape index (κ1) is 25.5. The molecule has 0 spiro atoms. The van der Waals surface area contributed by atoms with Crippen LogP contribution in [-0.2, 0) is 11.3 Å². The lowest BCUT2D eigenvalue weighted by molar-refractivity contribution is 0.0148. The number of aromatic nitrogens is 1. The molecule has 8 nitrogen and oxygen atoms in total. The van der Waals surface area contributed by atoms with E-state index in [0.717, 1.165) is 51.8 Å². The Labute approximate surface area is 192 Å². The SMILES string of the molecule is CCNC(=NCCN1CCN(C(=O)OC(C)(C)C)CC1)NCCn1cccc1.I. The molecule has 29 heavy (non-hydrogen) atoms. The van der Waals surface area contributed by atoms with E-state index in [0.29, 0.717) is 13.1 Å². The predicted molar refractivity (Wildman–Crippen MR) is 128 cm³/mol. The zero-order valence-corrected chi connectivity index (χ0v) is 20.5. The van der Waals surface area contributed by atoms with E-state index in [9.17, 15) is 4.79 Å². The van der Waals surface area contributed by atoms with Crippen molar-refractivity contribution in [3.63, 3.8) is 0 Å². The monoisotopic (exact) mass is 520 g/mol. The molecule has 1 fully saturated rings. The molecular formula is C20H37IN6O2. The predicted octanol–water partition coefficient (Wildman–Crippen LogP) is 2.21. The van der Waals surface area contributed by atoms with Crippen molar-refractivity contribution in [3.8, 4) is 0 Å². The van der Waals surface area contributed by atoms with E-state index in [1.165, 1.54) is 0 Å². The van der Waals surface area contributed by atoms with Gasteiger partial charge in [-0.15, -0.1) is 24.0 Å². The topological polar surface area (TPSA) is 74.1 Å². The van der Waals surface area contributed by atoms with Crippen molar-refractivity contribution in [2.24, 2.45) is 4.99 Å². The molecule has 1 aliphatic rings. The molecule has 2 N–H and O–H groups in total. The highest BCUT2D eigenvalue weighted by Crippen LogP contribution is 2.11. The van der Waals surface area contributed by atoms with Gasteiger partial charge < -0.3 is 24.8 Å². The number of carbonyl (C=O) groups excluding carboxylic acids is 1. The van der Waals surface area contributed by atoms with Gasteiger partial charge in [0.15, 0.2) is 5.96 Å². The summed E-state index contributed by atoms with van der Waals surface area (Å²) < 4.78 is 7.58. The number of hydrogen-bond donors (Lipinski definition) is 2. The van der Waals surface area contributed by atoms with Crippen LogP contribution in [0.3, 0.4) is 0 Å². The minimum absolute atomic E-state index is 0. The standard InChI is InChI=1S/C20H36N6O2.HI/c1-5-21-18(22-8-12-24-10-6-7-11-24)23-9-13-25-14-16-26(17-15-25)19(27)28-20(2,3)4;/h6-7,10-11H,5,8-9,12-17H2,1-4H3,(H2,21,22,23);1H. The largest absolute Gasteiger partial charge is 0.444 e. The zero-order valence-electron chi connectivity index (χ0n) is 18.2. The summed E-state index contributed by atoms with van der Waals surface area (Å²) in [7, 11) is 0. The molecule has 1 saturated heterocycles. The first-order valence-corrected chi connectivity index (χ1v) is 10.2. The van der Waals surface area contributed by atoms with Crippen LogP contribution >= 0.6 is 24.0 Å². The Bertz CT molecular complexity index is 607. The summed E-state index contributed by atoms with van der Waals surface area (Å²) in [6.07, 6.45) is 3.90. The third-order valence-electron chi connectivity index (χ3n) is 4.38. The number of guanidine groups is 1. The van der Waals surface area contributed by atoms with Crippen LogP contribution in [0.5, 0.6) is 0 Å². The number of rotatable bonds is 7. The highest BCUT2D eigenvalue weighted by Gasteiger charge is 2.25.